The van der Waals surface area contributed by atoms with E-state index in [9.17, 15) is 4.79 Å². The largest absolute Gasteiger partial charge is 0.325 e. The zero-order valence-electron chi connectivity index (χ0n) is 6.95. The second kappa shape index (κ2) is 4.27. The molecule has 0 fully saturated rings. The van der Waals surface area contributed by atoms with Crippen molar-refractivity contribution in [2.24, 2.45) is 0 Å². The number of amides is 1. The summed E-state index contributed by atoms with van der Waals surface area (Å²) in [6, 6.07) is 8.56. The lowest BCUT2D eigenvalue weighted by atomic mass is 10.2. The monoisotopic (exact) mass is 172 g/mol. The molecule has 0 saturated carbocycles. The summed E-state index contributed by atoms with van der Waals surface area (Å²) in [6.07, 6.45) is -0.144. The molecule has 1 N–H and O–H groups in total. The van der Waals surface area contributed by atoms with Crippen molar-refractivity contribution < 1.29 is 4.79 Å². The molecule has 0 aliphatic rings. The van der Waals surface area contributed by atoms with E-state index in [-0.39, 0.29) is 12.3 Å². The van der Waals surface area contributed by atoms with E-state index in [4.69, 9.17) is 12.2 Å². The molecule has 0 spiro atoms. The third-order valence-corrected chi connectivity index (χ3v) is 1.41. The van der Waals surface area contributed by atoms with Crippen LogP contribution in [0.15, 0.2) is 24.3 Å². The standard InChI is InChI=1S/C10H8N2O/c1-8-3-2-4-9(7-8)12-10(13)5-6-11/h1-4,7H,5H2,(H,12,13). The SMILES string of the molecule is [CH]c1cccc(NC(=O)CC#N)c1. The zero-order chi connectivity index (χ0) is 9.68. The van der Waals surface area contributed by atoms with Gasteiger partial charge in [-0.3, -0.25) is 4.79 Å². The zero-order valence-corrected chi connectivity index (χ0v) is 6.95. The summed E-state index contributed by atoms with van der Waals surface area (Å²) in [5.74, 6) is -0.326. The number of carbonyl (C=O) groups is 1. The number of hydrogen-bond acceptors (Lipinski definition) is 2. The predicted octanol–water partition coefficient (Wildman–Crippen LogP) is 1.60. The first-order valence-electron chi connectivity index (χ1n) is 3.74. The van der Waals surface area contributed by atoms with Crippen LogP contribution in [-0.2, 0) is 4.79 Å². The highest BCUT2D eigenvalue weighted by Crippen LogP contribution is 2.09. The molecule has 0 bridgehead atoms. The van der Waals surface area contributed by atoms with E-state index in [1.54, 1.807) is 30.3 Å². The number of anilines is 1. The van der Waals surface area contributed by atoms with Gasteiger partial charge >= 0.3 is 0 Å². The van der Waals surface area contributed by atoms with E-state index in [1.807, 2.05) is 0 Å². The Kier molecular flexibility index (Phi) is 3.04. The lowest BCUT2D eigenvalue weighted by molar-refractivity contribution is -0.115. The Morgan fingerprint density at radius 1 is 1.62 bits per heavy atom. The second-order valence-corrected chi connectivity index (χ2v) is 2.51. The van der Waals surface area contributed by atoms with Crippen LogP contribution in [0.1, 0.15) is 12.0 Å². The number of benzene rings is 1. The van der Waals surface area contributed by atoms with Gasteiger partial charge in [-0.25, -0.2) is 0 Å². The maximum atomic E-state index is 10.9. The van der Waals surface area contributed by atoms with Crippen LogP contribution in [0.25, 0.3) is 0 Å². The van der Waals surface area contributed by atoms with Gasteiger partial charge in [-0.1, -0.05) is 12.1 Å². The van der Waals surface area contributed by atoms with Crippen molar-refractivity contribution in [3.8, 4) is 6.07 Å². The third-order valence-electron chi connectivity index (χ3n) is 1.41. The van der Waals surface area contributed by atoms with Gasteiger partial charge in [0.2, 0.25) is 5.91 Å². The van der Waals surface area contributed by atoms with E-state index in [0.717, 1.165) is 0 Å². The van der Waals surface area contributed by atoms with Crippen LogP contribution < -0.4 is 5.32 Å². The molecule has 0 aliphatic heterocycles. The van der Waals surface area contributed by atoms with Gasteiger partial charge in [-0.2, -0.15) is 5.26 Å². The number of rotatable bonds is 2. The van der Waals surface area contributed by atoms with Gasteiger partial charge < -0.3 is 5.32 Å². The molecule has 0 saturated heterocycles. The summed E-state index contributed by atoms with van der Waals surface area (Å²) < 4.78 is 0. The van der Waals surface area contributed by atoms with Crippen molar-refractivity contribution >= 4 is 11.6 Å². The number of nitrogens with zero attached hydrogens (tertiary/aromatic N) is 1. The topological polar surface area (TPSA) is 52.9 Å². The average Bonchev–Trinajstić information content (AvgIpc) is 2.04. The number of nitriles is 1. The minimum atomic E-state index is -0.326. The maximum absolute atomic E-state index is 10.9. The molecule has 0 atom stereocenters. The third kappa shape index (κ3) is 2.96. The molecule has 3 nitrogen and oxygen atoms in total. The molecule has 1 amide bonds. The van der Waals surface area contributed by atoms with Gasteiger partial charge in [0.25, 0.3) is 0 Å². The number of hydrogen-bond donors (Lipinski definition) is 1. The van der Waals surface area contributed by atoms with Crippen molar-refractivity contribution in [2.45, 2.75) is 6.42 Å². The highest BCUT2D eigenvalue weighted by molar-refractivity contribution is 5.92. The maximum Gasteiger partial charge on any atom is 0.238 e. The van der Waals surface area contributed by atoms with Crippen LogP contribution >= 0.6 is 0 Å². The quantitative estimate of drug-likeness (QED) is 0.736. The molecule has 0 aromatic heterocycles. The molecule has 1 rings (SSSR count). The van der Waals surface area contributed by atoms with Crippen molar-refractivity contribution in [2.75, 3.05) is 5.32 Å². The number of carbonyl (C=O) groups excluding carboxylic acids is 1. The average molecular weight is 172 g/mol. The van der Waals surface area contributed by atoms with Crippen LogP contribution in [0.4, 0.5) is 5.69 Å². The molecular weight excluding hydrogens is 164 g/mol. The fourth-order valence-electron chi connectivity index (χ4n) is 0.893. The predicted molar refractivity (Wildman–Crippen MR) is 48.7 cm³/mol. The second-order valence-electron chi connectivity index (χ2n) is 2.51. The molecule has 64 valence electrons. The summed E-state index contributed by atoms with van der Waals surface area (Å²) in [5, 5.41) is 10.8. The minimum absolute atomic E-state index is 0.144. The highest BCUT2D eigenvalue weighted by Gasteiger charge is 1.99. The summed E-state index contributed by atoms with van der Waals surface area (Å²) in [4.78, 5) is 10.9. The first kappa shape index (κ1) is 9.27. The van der Waals surface area contributed by atoms with Gasteiger partial charge in [-0.15, -0.1) is 0 Å². The van der Waals surface area contributed by atoms with Crippen molar-refractivity contribution in [1.82, 2.24) is 0 Å². The lowest BCUT2D eigenvalue weighted by Crippen LogP contribution is -2.09. The number of nitrogens with one attached hydrogen (secondary N) is 1. The van der Waals surface area contributed by atoms with Gasteiger partial charge in [0.05, 0.1) is 6.07 Å². The Labute approximate surface area is 77.0 Å². The fourth-order valence-corrected chi connectivity index (χ4v) is 0.893. The minimum Gasteiger partial charge on any atom is -0.325 e. The van der Waals surface area contributed by atoms with Crippen LogP contribution in [0.5, 0.6) is 0 Å². The fraction of sp³-hybridized carbons (Fsp3) is 0.100. The molecule has 0 aliphatic carbocycles. The first-order chi connectivity index (χ1) is 6.22. The van der Waals surface area contributed by atoms with E-state index in [0.29, 0.717) is 11.3 Å². The molecule has 2 radical (unpaired) electrons. The Morgan fingerprint density at radius 3 is 3.00 bits per heavy atom. The van der Waals surface area contributed by atoms with Crippen LogP contribution in [-0.4, -0.2) is 5.91 Å². The van der Waals surface area contributed by atoms with Crippen molar-refractivity contribution in [3.05, 3.63) is 36.8 Å². The Morgan fingerprint density at radius 2 is 2.38 bits per heavy atom. The normalized spacial score (nSPS) is 8.92. The van der Waals surface area contributed by atoms with Gasteiger partial charge in [0.1, 0.15) is 6.42 Å². The first-order valence-corrected chi connectivity index (χ1v) is 3.74. The molecule has 1 aromatic rings. The lowest BCUT2D eigenvalue weighted by Gasteiger charge is -2.02. The van der Waals surface area contributed by atoms with Crippen molar-refractivity contribution in [1.29, 1.82) is 5.26 Å². The van der Waals surface area contributed by atoms with E-state index in [1.165, 1.54) is 0 Å². The smallest absolute Gasteiger partial charge is 0.238 e. The van der Waals surface area contributed by atoms with Crippen LogP contribution in [0.3, 0.4) is 0 Å². The highest BCUT2D eigenvalue weighted by atomic mass is 16.1. The summed E-state index contributed by atoms with van der Waals surface area (Å²) in [6.45, 7) is 5.49. The summed E-state index contributed by atoms with van der Waals surface area (Å²) in [7, 11) is 0. The van der Waals surface area contributed by atoms with Crippen LogP contribution in [0, 0.1) is 18.3 Å². The van der Waals surface area contributed by atoms with Crippen LogP contribution in [0.2, 0.25) is 0 Å². The Bertz CT molecular complexity index is 352. The molecule has 0 unspecified atom stereocenters. The van der Waals surface area contributed by atoms with E-state index in [2.05, 4.69) is 5.32 Å². The van der Waals surface area contributed by atoms with E-state index >= 15 is 0 Å². The van der Waals surface area contributed by atoms with Gasteiger partial charge in [0, 0.05) is 5.69 Å². The summed E-state index contributed by atoms with van der Waals surface area (Å²) in [5.41, 5.74) is 1.19. The van der Waals surface area contributed by atoms with Gasteiger partial charge in [0.15, 0.2) is 0 Å². The molecule has 0 heterocycles. The van der Waals surface area contributed by atoms with E-state index < -0.39 is 0 Å². The molecule has 13 heavy (non-hydrogen) atoms. The Balaban J connectivity index is 2.65. The Hall–Kier alpha value is -1.82. The molecule has 1 aromatic carbocycles. The van der Waals surface area contributed by atoms with Crippen molar-refractivity contribution in [3.63, 3.8) is 0 Å². The molecular formula is C10H8N2O. The van der Waals surface area contributed by atoms with Gasteiger partial charge in [-0.05, 0) is 24.6 Å². The summed E-state index contributed by atoms with van der Waals surface area (Å²) >= 11 is 0. The molecule has 3 heteroatoms.